The van der Waals surface area contributed by atoms with Crippen molar-refractivity contribution in [3.8, 4) is 0 Å². The average Bonchev–Trinajstić information content (AvgIpc) is 1.91. The first-order chi connectivity index (χ1) is 4.35. The molecule has 2 N–H and O–H groups in total. The summed E-state index contributed by atoms with van der Waals surface area (Å²) in [5, 5.41) is 17.0. The van der Waals surface area contributed by atoms with Gasteiger partial charge in [-0.3, -0.25) is 0 Å². The maximum absolute atomic E-state index is 8.59. The van der Waals surface area contributed by atoms with Crippen LogP contribution < -0.4 is 0 Å². The van der Waals surface area contributed by atoms with E-state index in [1.165, 1.54) is 0 Å². The molecule has 0 fully saturated rings. The molecule has 0 aliphatic carbocycles. The van der Waals surface area contributed by atoms with Crippen LogP contribution in [0.5, 0.6) is 0 Å². The third-order valence-electron chi connectivity index (χ3n) is 1.25. The summed E-state index contributed by atoms with van der Waals surface area (Å²) in [6, 6.07) is 0. The van der Waals surface area contributed by atoms with E-state index < -0.39 is 0 Å². The predicted octanol–water partition coefficient (Wildman–Crippen LogP) is 0.606. The summed E-state index contributed by atoms with van der Waals surface area (Å²) in [5.74, 6) is 0.648. The van der Waals surface area contributed by atoms with Crippen molar-refractivity contribution in [3.05, 3.63) is 0 Å². The zero-order valence-corrected chi connectivity index (χ0v) is 6.14. The van der Waals surface area contributed by atoms with Crippen molar-refractivity contribution in [1.29, 1.82) is 0 Å². The maximum atomic E-state index is 8.59. The molecule has 0 aliphatic heterocycles. The second-order valence-corrected chi connectivity index (χ2v) is 2.38. The van der Waals surface area contributed by atoms with E-state index in [0.29, 0.717) is 5.88 Å². The molecule has 0 heterocycles. The molecule has 0 amide bonds. The smallest absolute Gasteiger partial charge is 0.0470 e. The van der Waals surface area contributed by atoms with E-state index in [1.807, 2.05) is 0 Å². The molecule has 0 aliphatic rings. The van der Waals surface area contributed by atoms with Crippen molar-refractivity contribution >= 4 is 11.6 Å². The van der Waals surface area contributed by atoms with E-state index in [0.717, 1.165) is 12.8 Å². The first-order valence-corrected chi connectivity index (χ1v) is 3.66. The summed E-state index contributed by atoms with van der Waals surface area (Å²) in [5.41, 5.74) is 0. The van der Waals surface area contributed by atoms with Gasteiger partial charge in [-0.2, -0.15) is 0 Å². The average molecular weight is 153 g/mol. The molecule has 0 bridgehead atoms. The standard InChI is InChI=1S/C6H13ClO2/c7-4-6(5-9)2-1-3-8/h6,8-9H,1-5H2. The van der Waals surface area contributed by atoms with Gasteiger partial charge in [-0.25, -0.2) is 0 Å². The van der Waals surface area contributed by atoms with Crippen molar-refractivity contribution < 1.29 is 10.2 Å². The van der Waals surface area contributed by atoms with Crippen LogP contribution in [0.4, 0.5) is 0 Å². The van der Waals surface area contributed by atoms with Crippen molar-refractivity contribution in [1.82, 2.24) is 0 Å². The van der Waals surface area contributed by atoms with Gasteiger partial charge in [0.15, 0.2) is 0 Å². The summed E-state index contributed by atoms with van der Waals surface area (Å²) in [7, 11) is 0. The van der Waals surface area contributed by atoms with Gasteiger partial charge >= 0.3 is 0 Å². The topological polar surface area (TPSA) is 40.5 Å². The molecule has 0 spiro atoms. The predicted molar refractivity (Wildman–Crippen MR) is 37.6 cm³/mol. The van der Waals surface area contributed by atoms with Crippen LogP contribution in [0.1, 0.15) is 12.8 Å². The van der Waals surface area contributed by atoms with E-state index in [4.69, 9.17) is 21.8 Å². The lowest BCUT2D eigenvalue weighted by Gasteiger charge is -2.07. The summed E-state index contributed by atoms with van der Waals surface area (Å²) >= 11 is 5.46. The third kappa shape index (κ3) is 4.70. The molecule has 1 atom stereocenters. The summed E-state index contributed by atoms with van der Waals surface area (Å²) in [6.45, 7) is 0.316. The molecule has 0 radical (unpaired) electrons. The fourth-order valence-electron chi connectivity index (χ4n) is 0.597. The highest BCUT2D eigenvalue weighted by Crippen LogP contribution is 2.06. The molecule has 0 aromatic rings. The molecule has 0 saturated carbocycles. The fraction of sp³-hybridized carbons (Fsp3) is 1.00. The van der Waals surface area contributed by atoms with Crippen LogP contribution in [0.25, 0.3) is 0 Å². The third-order valence-corrected chi connectivity index (χ3v) is 1.68. The van der Waals surface area contributed by atoms with Gasteiger partial charge in [0.25, 0.3) is 0 Å². The fourth-order valence-corrected chi connectivity index (χ4v) is 0.849. The number of halogens is 1. The molecule has 1 unspecified atom stereocenters. The number of alkyl halides is 1. The van der Waals surface area contributed by atoms with Crippen LogP contribution in [-0.4, -0.2) is 29.3 Å². The van der Waals surface area contributed by atoms with E-state index in [-0.39, 0.29) is 19.1 Å². The van der Waals surface area contributed by atoms with Gasteiger partial charge in [-0.05, 0) is 18.8 Å². The van der Waals surface area contributed by atoms with Gasteiger partial charge in [-0.1, -0.05) is 0 Å². The highest BCUT2D eigenvalue weighted by Gasteiger charge is 2.03. The number of aliphatic hydroxyl groups is 2. The van der Waals surface area contributed by atoms with Gasteiger partial charge in [-0.15, -0.1) is 11.6 Å². The Morgan fingerprint density at radius 1 is 1.33 bits per heavy atom. The zero-order valence-electron chi connectivity index (χ0n) is 5.39. The molecule has 0 aromatic heterocycles. The van der Waals surface area contributed by atoms with Gasteiger partial charge in [0.2, 0.25) is 0 Å². The lowest BCUT2D eigenvalue weighted by molar-refractivity contribution is 0.213. The Bertz CT molecular complexity index is 55.0. The molecule has 56 valence electrons. The Morgan fingerprint density at radius 3 is 2.33 bits per heavy atom. The Morgan fingerprint density at radius 2 is 2.00 bits per heavy atom. The molecule has 9 heavy (non-hydrogen) atoms. The van der Waals surface area contributed by atoms with E-state index in [1.54, 1.807) is 0 Å². The van der Waals surface area contributed by atoms with Gasteiger partial charge in [0.05, 0.1) is 0 Å². The molecular weight excluding hydrogens is 140 g/mol. The minimum Gasteiger partial charge on any atom is -0.396 e. The van der Waals surface area contributed by atoms with Gasteiger partial charge in [0.1, 0.15) is 0 Å². The SMILES string of the molecule is OCCCC(CO)CCl. The lowest BCUT2D eigenvalue weighted by Crippen LogP contribution is -2.07. The quantitative estimate of drug-likeness (QED) is 0.567. The van der Waals surface area contributed by atoms with Crippen LogP contribution in [-0.2, 0) is 0 Å². The Kier molecular flexibility index (Phi) is 6.48. The van der Waals surface area contributed by atoms with Crippen LogP contribution in [0.2, 0.25) is 0 Å². The summed E-state index contributed by atoms with van der Waals surface area (Å²) in [4.78, 5) is 0. The van der Waals surface area contributed by atoms with Crippen LogP contribution in [0.3, 0.4) is 0 Å². The first-order valence-electron chi connectivity index (χ1n) is 3.12. The highest BCUT2D eigenvalue weighted by molar-refractivity contribution is 6.18. The Labute approximate surface area is 60.5 Å². The number of hydrogen-bond acceptors (Lipinski definition) is 2. The molecule has 2 nitrogen and oxygen atoms in total. The first kappa shape index (κ1) is 9.21. The molecular formula is C6H13ClO2. The number of aliphatic hydroxyl groups excluding tert-OH is 2. The second kappa shape index (κ2) is 6.33. The second-order valence-electron chi connectivity index (χ2n) is 2.07. The zero-order chi connectivity index (χ0) is 7.11. The Hall–Kier alpha value is 0.210. The lowest BCUT2D eigenvalue weighted by atomic mass is 10.1. The number of hydrogen-bond donors (Lipinski definition) is 2. The van der Waals surface area contributed by atoms with Crippen molar-refractivity contribution in [2.24, 2.45) is 5.92 Å². The van der Waals surface area contributed by atoms with Crippen LogP contribution in [0.15, 0.2) is 0 Å². The molecule has 3 heteroatoms. The monoisotopic (exact) mass is 152 g/mol. The van der Waals surface area contributed by atoms with Gasteiger partial charge < -0.3 is 10.2 Å². The summed E-state index contributed by atoms with van der Waals surface area (Å²) in [6.07, 6.45) is 1.55. The Balaban J connectivity index is 3.09. The van der Waals surface area contributed by atoms with E-state index in [9.17, 15) is 0 Å². The molecule has 0 saturated heterocycles. The van der Waals surface area contributed by atoms with Crippen LogP contribution in [0, 0.1) is 5.92 Å². The number of rotatable bonds is 5. The van der Waals surface area contributed by atoms with E-state index in [2.05, 4.69) is 0 Å². The maximum Gasteiger partial charge on any atom is 0.0470 e. The normalized spacial score (nSPS) is 13.7. The molecule has 0 rings (SSSR count). The minimum atomic E-state index is 0.128. The van der Waals surface area contributed by atoms with E-state index >= 15 is 0 Å². The van der Waals surface area contributed by atoms with Crippen molar-refractivity contribution in [3.63, 3.8) is 0 Å². The summed E-state index contributed by atoms with van der Waals surface area (Å²) < 4.78 is 0. The van der Waals surface area contributed by atoms with Crippen LogP contribution >= 0.6 is 11.6 Å². The van der Waals surface area contributed by atoms with Crippen molar-refractivity contribution in [2.45, 2.75) is 12.8 Å². The molecule has 0 aromatic carbocycles. The highest BCUT2D eigenvalue weighted by atomic mass is 35.5. The van der Waals surface area contributed by atoms with Crippen molar-refractivity contribution in [2.75, 3.05) is 19.1 Å². The minimum absolute atomic E-state index is 0.128. The van der Waals surface area contributed by atoms with Gasteiger partial charge in [0, 0.05) is 19.1 Å². The largest absolute Gasteiger partial charge is 0.396 e.